The quantitative estimate of drug-likeness (QED) is 0.216. The third-order valence-electron chi connectivity index (χ3n) is 24.0. The van der Waals surface area contributed by atoms with Crippen LogP contribution < -0.4 is 0 Å². The minimum absolute atomic E-state index is 0.925. The molecule has 0 amide bonds. The van der Waals surface area contributed by atoms with Gasteiger partial charge in [0.1, 0.15) is 0 Å². The molecule has 0 aliphatic heterocycles. The van der Waals surface area contributed by atoms with Crippen molar-refractivity contribution in [1.29, 1.82) is 0 Å². The lowest BCUT2D eigenvalue weighted by molar-refractivity contribution is -0.0659. The van der Waals surface area contributed by atoms with Gasteiger partial charge < -0.3 is 0 Å². The van der Waals surface area contributed by atoms with E-state index in [4.69, 9.17) is 0 Å². The van der Waals surface area contributed by atoms with Crippen LogP contribution in [0.15, 0.2) is 0 Å². The molecule has 0 aromatic rings. The summed E-state index contributed by atoms with van der Waals surface area (Å²) < 4.78 is 0. The first-order chi connectivity index (χ1) is 31.7. The molecule has 0 aromatic heterocycles. The summed E-state index contributed by atoms with van der Waals surface area (Å²) in [6.07, 6.45) is 68.8. The van der Waals surface area contributed by atoms with E-state index >= 15 is 0 Å². The van der Waals surface area contributed by atoms with Gasteiger partial charge in [0.25, 0.3) is 0 Å². The van der Waals surface area contributed by atoms with E-state index in [0.717, 1.165) is 107 Å². The maximum atomic E-state index is 3.34. The van der Waals surface area contributed by atoms with Crippen molar-refractivity contribution in [3.63, 3.8) is 0 Å². The zero-order valence-corrected chi connectivity index (χ0v) is 42.4. The van der Waals surface area contributed by atoms with Crippen molar-refractivity contribution < 1.29 is 0 Å². The molecule has 0 saturated heterocycles. The molecule has 2 nitrogen and oxygen atoms in total. The van der Waals surface area contributed by atoms with Crippen LogP contribution in [0.2, 0.25) is 0 Å². The molecule has 2 heteroatoms. The van der Waals surface area contributed by atoms with Crippen LogP contribution in [0.4, 0.5) is 0 Å². The largest absolute Gasteiger partial charge is 0.294 e. The molecule has 12 unspecified atom stereocenters. The van der Waals surface area contributed by atoms with Crippen molar-refractivity contribution in [3.8, 4) is 0 Å². The number of hydrogen-bond acceptors (Lipinski definition) is 2. The first-order valence-corrected chi connectivity index (χ1v) is 31.3. The molecule has 0 bridgehead atoms. The van der Waals surface area contributed by atoms with E-state index in [2.05, 4.69) is 9.80 Å². The Bertz CT molecular complexity index is 1230. The Morgan fingerprint density at radius 2 is 0.406 bits per heavy atom. The molecule has 64 heavy (non-hydrogen) atoms. The van der Waals surface area contributed by atoms with Crippen molar-refractivity contribution in [2.75, 3.05) is 0 Å². The summed E-state index contributed by atoms with van der Waals surface area (Å²) in [5.74, 6) is 12.9. The lowest BCUT2D eigenvalue weighted by Crippen LogP contribution is -2.54. The third-order valence-corrected chi connectivity index (χ3v) is 24.0. The Morgan fingerprint density at radius 1 is 0.156 bits per heavy atom. The molecule has 0 spiro atoms. The van der Waals surface area contributed by atoms with Gasteiger partial charge in [-0.05, 0) is 212 Å². The van der Waals surface area contributed by atoms with Crippen LogP contribution in [0, 0.1) is 71.0 Å². The Labute approximate surface area is 397 Å². The van der Waals surface area contributed by atoms with E-state index in [-0.39, 0.29) is 0 Å². The molecule has 364 valence electrons. The van der Waals surface area contributed by atoms with E-state index in [9.17, 15) is 0 Å². The van der Waals surface area contributed by atoms with Crippen molar-refractivity contribution in [3.05, 3.63) is 0 Å². The molecule has 12 atom stereocenters. The van der Waals surface area contributed by atoms with Crippen molar-refractivity contribution in [2.24, 2.45) is 71.0 Å². The molecule has 11 saturated carbocycles. The molecular formula is C62H106N2. The third kappa shape index (κ3) is 10.4. The number of hydrogen-bond donors (Lipinski definition) is 0. The van der Waals surface area contributed by atoms with Crippen LogP contribution >= 0.6 is 0 Å². The van der Waals surface area contributed by atoms with Gasteiger partial charge in [-0.3, -0.25) is 9.80 Å². The minimum Gasteiger partial charge on any atom is -0.294 e. The average molecular weight is 880 g/mol. The normalized spacial score (nSPS) is 42.7. The second-order valence-electron chi connectivity index (χ2n) is 27.0. The first kappa shape index (κ1) is 46.3. The number of rotatable bonds is 10. The summed E-state index contributed by atoms with van der Waals surface area (Å²) >= 11 is 0. The van der Waals surface area contributed by atoms with Crippen molar-refractivity contribution in [2.45, 2.75) is 319 Å². The fourth-order valence-corrected chi connectivity index (χ4v) is 21.3. The van der Waals surface area contributed by atoms with E-state index in [1.165, 1.54) is 141 Å². The molecule has 0 aromatic carbocycles. The van der Waals surface area contributed by atoms with Gasteiger partial charge in [-0.25, -0.2) is 0 Å². The SMILES string of the molecule is C1CCC(C2CCC(N(C3CCCCC3)C3CCCCC3)CC2C2CCC3C(CCC4CC(C5CC(N(C6CCCCC6)C6CCCCC6)CCC5C5CCCCC5)CCC43)C2)CC1. The summed E-state index contributed by atoms with van der Waals surface area (Å²) in [6, 6.07) is 5.57. The summed E-state index contributed by atoms with van der Waals surface area (Å²) in [4.78, 5) is 6.68. The zero-order chi connectivity index (χ0) is 42.7. The highest BCUT2D eigenvalue weighted by Gasteiger charge is 2.52. The van der Waals surface area contributed by atoms with Gasteiger partial charge in [0.2, 0.25) is 0 Å². The summed E-state index contributed by atoms with van der Waals surface area (Å²) in [6.45, 7) is 0. The van der Waals surface area contributed by atoms with Crippen LogP contribution in [0.1, 0.15) is 283 Å². The van der Waals surface area contributed by atoms with Crippen LogP contribution in [0.3, 0.4) is 0 Å². The fourth-order valence-electron chi connectivity index (χ4n) is 21.3. The van der Waals surface area contributed by atoms with E-state index in [1.54, 1.807) is 141 Å². The summed E-state index contributed by atoms with van der Waals surface area (Å²) in [7, 11) is 0. The molecular weight excluding hydrogens is 773 g/mol. The predicted molar refractivity (Wildman–Crippen MR) is 271 cm³/mol. The van der Waals surface area contributed by atoms with Gasteiger partial charge in [-0.2, -0.15) is 0 Å². The molecule has 11 rings (SSSR count). The number of fused-ring (bicyclic) bond motifs is 3. The lowest BCUT2D eigenvalue weighted by atomic mass is 9.51. The summed E-state index contributed by atoms with van der Waals surface area (Å²) in [5, 5.41) is 0. The molecule has 11 fully saturated rings. The summed E-state index contributed by atoms with van der Waals surface area (Å²) in [5.41, 5.74) is 0. The Hall–Kier alpha value is -0.0800. The highest BCUT2D eigenvalue weighted by Crippen LogP contribution is 2.60. The topological polar surface area (TPSA) is 6.48 Å². The van der Waals surface area contributed by atoms with Gasteiger partial charge in [-0.15, -0.1) is 0 Å². The fraction of sp³-hybridized carbons (Fsp3) is 1.00. The van der Waals surface area contributed by atoms with Crippen LogP contribution in [0.5, 0.6) is 0 Å². The van der Waals surface area contributed by atoms with Gasteiger partial charge in [0, 0.05) is 36.3 Å². The highest BCUT2D eigenvalue weighted by atomic mass is 15.2. The van der Waals surface area contributed by atoms with E-state index < -0.39 is 0 Å². The Balaban J connectivity index is 0.777. The van der Waals surface area contributed by atoms with Gasteiger partial charge in [0.05, 0.1) is 0 Å². The average Bonchev–Trinajstić information content (AvgIpc) is 3.38. The van der Waals surface area contributed by atoms with Crippen LogP contribution in [-0.2, 0) is 0 Å². The van der Waals surface area contributed by atoms with Crippen molar-refractivity contribution >= 4 is 0 Å². The predicted octanol–water partition coefficient (Wildman–Crippen LogP) is 17.5. The molecule has 0 N–H and O–H groups in total. The first-order valence-electron chi connectivity index (χ1n) is 31.3. The molecule has 0 radical (unpaired) electrons. The molecule has 11 aliphatic rings. The minimum atomic E-state index is 0.925. The lowest BCUT2D eigenvalue weighted by Gasteiger charge is -2.56. The second-order valence-corrected chi connectivity index (χ2v) is 27.0. The maximum absolute atomic E-state index is 3.34. The second kappa shape index (κ2) is 22.3. The van der Waals surface area contributed by atoms with Gasteiger partial charge in [0.15, 0.2) is 0 Å². The smallest absolute Gasteiger partial charge is 0.0104 e. The number of nitrogens with zero attached hydrogens (tertiary/aromatic N) is 2. The van der Waals surface area contributed by atoms with E-state index in [1.807, 2.05) is 0 Å². The Kier molecular flexibility index (Phi) is 16.2. The molecule has 11 aliphatic carbocycles. The highest BCUT2D eigenvalue weighted by molar-refractivity contribution is 5.03. The standard InChI is InChI=1S/C62H106N2/c1-7-19-45(20-8-1)57-39-35-55(63(51-23-11-3-12-24-51)52-25-13-4-14-26-52)43-61(57)49-33-37-59-47(41-49)31-32-48-42-50(34-38-60(48)59)62-44-56(36-40-58(62)46-21-9-2-10-22-46)64(53-27-15-5-16-28-53)54-29-17-6-18-30-54/h45-62H,1-44H2. The van der Waals surface area contributed by atoms with Gasteiger partial charge >= 0.3 is 0 Å². The van der Waals surface area contributed by atoms with E-state index in [0.29, 0.717) is 0 Å². The monoisotopic (exact) mass is 879 g/mol. The molecule has 0 heterocycles. The maximum Gasteiger partial charge on any atom is 0.0104 e. The van der Waals surface area contributed by atoms with Gasteiger partial charge in [-0.1, -0.05) is 141 Å². The van der Waals surface area contributed by atoms with Crippen LogP contribution in [0.25, 0.3) is 0 Å². The zero-order valence-electron chi connectivity index (χ0n) is 42.4. The van der Waals surface area contributed by atoms with Crippen molar-refractivity contribution in [1.82, 2.24) is 9.80 Å². The Morgan fingerprint density at radius 3 is 0.734 bits per heavy atom. The van der Waals surface area contributed by atoms with Crippen LogP contribution in [-0.4, -0.2) is 46.1 Å².